The van der Waals surface area contributed by atoms with Gasteiger partial charge in [-0.05, 0) is 11.6 Å². The molecule has 1 amide bonds. The highest BCUT2D eigenvalue weighted by molar-refractivity contribution is 5.91. The fraction of sp³-hybridized carbons (Fsp3) is 0.381. The van der Waals surface area contributed by atoms with Crippen molar-refractivity contribution in [2.45, 2.75) is 24.9 Å². The summed E-state index contributed by atoms with van der Waals surface area (Å²) in [5.41, 5.74) is 2.62. The second-order valence-corrected chi connectivity index (χ2v) is 7.65. The summed E-state index contributed by atoms with van der Waals surface area (Å²) in [5, 5.41) is 2.98. The summed E-state index contributed by atoms with van der Waals surface area (Å²) in [6, 6.07) is 18.0. The second-order valence-electron chi connectivity index (χ2n) is 7.65. The van der Waals surface area contributed by atoms with Crippen LogP contribution in [0.5, 0.6) is 0 Å². The van der Waals surface area contributed by atoms with Gasteiger partial charge in [-0.25, -0.2) is 4.79 Å². The van der Waals surface area contributed by atoms with Gasteiger partial charge in [-0.15, -0.1) is 0 Å². The molecule has 26 heavy (non-hydrogen) atoms. The van der Waals surface area contributed by atoms with E-state index in [0.717, 1.165) is 60.2 Å². The van der Waals surface area contributed by atoms with Gasteiger partial charge in [-0.2, -0.15) is 0 Å². The molecule has 0 saturated carbocycles. The predicted molar refractivity (Wildman–Crippen MR) is 99.3 cm³/mol. The minimum atomic E-state index is -0.332. The van der Waals surface area contributed by atoms with Crippen LogP contribution in [0.4, 0.5) is 10.5 Å². The summed E-state index contributed by atoms with van der Waals surface area (Å²) >= 11 is 0. The molecule has 3 aliphatic heterocycles. The maximum absolute atomic E-state index is 12.6. The highest BCUT2D eigenvalue weighted by Crippen LogP contribution is 2.39. The number of hydrogen-bond acceptors (Lipinski definition) is 2. The van der Waals surface area contributed by atoms with E-state index in [2.05, 4.69) is 12.4 Å². The second kappa shape index (κ2) is 7.41. The lowest BCUT2D eigenvalue weighted by Gasteiger charge is -2.51. The van der Waals surface area contributed by atoms with Crippen LogP contribution < -0.4 is 22.3 Å². The molecule has 0 aromatic heterocycles. The number of piperidine rings is 3. The van der Waals surface area contributed by atoms with E-state index in [1.807, 2.05) is 54.6 Å². The van der Waals surface area contributed by atoms with Crippen molar-refractivity contribution < 1.29 is 31.0 Å². The first kappa shape index (κ1) is 18.9. The van der Waals surface area contributed by atoms with E-state index < -0.39 is 0 Å². The molecule has 0 radical (unpaired) electrons. The lowest BCUT2D eigenvalue weighted by Crippen LogP contribution is -3.00. The van der Waals surface area contributed by atoms with Crippen LogP contribution in [0.25, 0.3) is 11.1 Å². The van der Waals surface area contributed by atoms with E-state index in [1.54, 1.807) is 0 Å². The molecule has 3 fully saturated rings. The van der Waals surface area contributed by atoms with Crippen molar-refractivity contribution in [2.24, 2.45) is 0 Å². The fourth-order valence-electron chi connectivity index (χ4n) is 4.08. The van der Waals surface area contributed by atoms with E-state index >= 15 is 0 Å². The Hall–Kier alpha value is -1.85. The topological polar surface area (TPSA) is 38.3 Å². The Labute approximate surface area is 165 Å². The van der Waals surface area contributed by atoms with Gasteiger partial charge in [-0.3, -0.25) is 5.32 Å². The van der Waals surface area contributed by atoms with E-state index in [9.17, 15) is 4.79 Å². The Bertz CT molecular complexity index is 754. The number of para-hydroxylation sites is 1. The molecule has 138 valence electrons. The smallest absolute Gasteiger partial charge is 0.412 e. The number of hydrogen-bond donors (Lipinski definition) is 1. The molecule has 2 bridgehead atoms. The normalized spacial score (nSPS) is 26.7. The quantitative estimate of drug-likeness (QED) is 0.765. The van der Waals surface area contributed by atoms with Crippen LogP contribution in [-0.2, 0) is 4.74 Å². The third kappa shape index (κ3) is 3.79. The van der Waals surface area contributed by atoms with Crippen molar-refractivity contribution >= 4 is 11.8 Å². The molecule has 3 heterocycles. The number of benzene rings is 2. The summed E-state index contributed by atoms with van der Waals surface area (Å²) in [6.45, 7) is 3.32. The molecular formula is C21H25BrN2O2. The maximum atomic E-state index is 12.6. The number of nitrogens with one attached hydrogen (secondary N) is 1. The van der Waals surface area contributed by atoms with Gasteiger partial charge in [0.2, 0.25) is 0 Å². The molecule has 2 aromatic rings. The zero-order chi connectivity index (χ0) is 17.3. The zero-order valence-electron chi connectivity index (χ0n) is 15.1. The fourth-order valence-corrected chi connectivity index (χ4v) is 4.08. The van der Waals surface area contributed by atoms with Crippen molar-refractivity contribution in [1.29, 1.82) is 0 Å². The minimum absolute atomic E-state index is 0. The predicted octanol–water partition coefficient (Wildman–Crippen LogP) is 1.29. The number of carbonyl (C=O) groups excluding carboxylic acids is 1. The summed E-state index contributed by atoms with van der Waals surface area (Å²) in [5.74, 6) is 0. The van der Waals surface area contributed by atoms with Crippen LogP contribution in [0.15, 0.2) is 54.6 Å². The third-order valence-electron chi connectivity index (χ3n) is 5.88. The molecule has 5 rings (SSSR count). The lowest BCUT2D eigenvalue weighted by molar-refractivity contribution is -0.926. The van der Waals surface area contributed by atoms with Gasteiger partial charge < -0.3 is 26.2 Å². The molecule has 3 aliphatic rings. The zero-order valence-corrected chi connectivity index (χ0v) is 16.7. The van der Waals surface area contributed by atoms with Crippen molar-refractivity contribution in [1.82, 2.24) is 0 Å². The molecule has 2 aromatic carbocycles. The maximum Gasteiger partial charge on any atom is 0.412 e. The number of quaternary nitrogens is 1. The first-order valence-corrected chi connectivity index (χ1v) is 9.06. The van der Waals surface area contributed by atoms with Crippen molar-refractivity contribution in [3.05, 3.63) is 54.6 Å². The SMILES string of the molecule is C[N+]12CCC(OC(=O)Nc3ccccc3-c3ccccc3)(CC1)CC2.[Br-]. The molecular weight excluding hydrogens is 392 g/mol. The van der Waals surface area contributed by atoms with Gasteiger partial charge in [0.15, 0.2) is 0 Å². The summed E-state index contributed by atoms with van der Waals surface area (Å²) in [7, 11) is 2.30. The van der Waals surface area contributed by atoms with Gasteiger partial charge in [0.1, 0.15) is 5.60 Å². The van der Waals surface area contributed by atoms with E-state index in [-0.39, 0.29) is 28.7 Å². The average Bonchev–Trinajstić information content (AvgIpc) is 2.64. The number of halogens is 1. The minimum Gasteiger partial charge on any atom is -1.00 e. The van der Waals surface area contributed by atoms with Gasteiger partial charge in [-0.1, -0.05) is 48.5 Å². The number of nitrogens with zero attached hydrogens (tertiary/aromatic N) is 1. The Morgan fingerprint density at radius 3 is 2.19 bits per heavy atom. The summed E-state index contributed by atoms with van der Waals surface area (Å²) < 4.78 is 7.07. The number of amides is 1. The molecule has 1 N–H and O–H groups in total. The molecule has 5 heteroatoms. The van der Waals surface area contributed by atoms with Gasteiger partial charge in [0.25, 0.3) is 0 Å². The molecule has 3 saturated heterocycles. The lowest BCUT2D eigenvalue weighted by atomic mass is 9.81. The third-order valence-corrected chi connectivity index (χ3v) is 5.88. The summed E-state index contributed by atoms with van der Waals surface area (Å²) in [4.78, 5) is 12.6. The van der Waals surface area contributed by atoms with E-state index in [0.29, 0.717) is 0 Å². The van der Waals surface area contributed by atoms with E-state index in [1.165, 1.54) is 0 Å². The van der Waals surface area contributed by atoms with Crippen LogP contribution in [0.1, 0.15) is 19.3 Å². The van der Waals surface area contributed by atoms with Crippen molar-refractivity contribution in [2.75, 3.05) is 32.0 Å². The Balaban J connectivity index is 0.00000196. The molecule has 4 nitrogen and oxygen atoms in total. The van der Waals surface area contributed by atoms with E-state index in [4.69, 9.17) is 4.74 Å². The summed E-state index contributed by atoms with van der Waals surface area (Å²) in [6.07, 6.45) is 2.58. The number of ether oxygens (including phenoxy) is 1. The van der Waals surface area contributed by atoms with Crippen molar-refractivity contribution in [3.8, 4) is 11.1 Å². The highest BCUT2D eigenvalue weighted by Gasteiger charge is 2.49. The number of carbonyl (C=O) groups is 1. The van der Waals surface area contributed by atoms with Crippen LogP contribution >= 0.6 is 0 Å². The number of anilines is 1. The standard InChI is InChI=1S/C21H24N2O2.BrH/c1-23-14-11-21(12-15-23,13-16-23)25-20(24)22-19-10-6-5-9-18(19)17-7-3-2-4-8-17;/h2-10H,11-16H2,1H3;1H. The largest absolute Gasteiger partial charge is 1.00 e. The highest BCUT2D eigenvalue weighted by atomic mass is 79.9. The van der Waals surface area contributed by atoms with Gasteiger partial charge in [0, 0.05) is 24.8 Å². The molecule has 0 spiro atoms. The molecule has 0 atom stereocenters. The number of fused-ring (bicyclic) bond motifs is 3. The Kier molecular flexibility index (Phi) is 5.39. The molecule has 0 aliphatic carbocycles. The van der Waals surface area contributed by atoms with Crippen LogP contribution in [0.2, 0.25) is 0 Å². The first-order chi connectivity index (χ1) is 12.1. The van der Waals surface area contributed by atoms with Crippen LogP contribution in [0, 0.1) is 0 Å². The van der Waals surface area contributed by atoms with Gasteiger partial charge in [0.05, 0.1) is 32.4 Å². The molecule has 0 unspecified atom stereocenters. The van der Waals surface area contributed by atoms with Crippen LogP contribution in [-0.4, -0.2) is 42.9 Å². The average molecular weight is 417 g/mol. The Morgan fingerprint density at radius 1 is 0.962 bits per heavy atom. The number of rotatable bonds is 3. The Morgan fingerprint density at radius 2 is 1.54 bits per heavy atom. The van der Waals surface area contributed by atoms with Gasteiger partial charge >= 0.3 is 6.09 Å². The van der Waals surface area contributed by atoms with Crippen LogP contribution in [0.3, 0.4) is 0 Å². The monoisotopic (exact) mass is 416 g/mol. The first-order valence-electron chi connectivity index (χ1n) is 9.06. The van der Waals surface area contributed by atoms with Crippen molar-refractivity contribution in [3.63, 3.8) is 0 Å².